The monoisotopic (exact) mass is 435 g/mol. The van der Waals surface area contributed by atoms with Gasteiger partial charge in [-0.15, -0.1) is 0 Å². The predicted molar refractivity (Wildman–Crippen MR) is 126 cm³/mol. The van der Waals surface area contributed by atoms with Crippen molar-refractivity contribution in [2.24, 2.45) is 5.41 Å². The molecule has 0 spiro atoms. The first-order valence-electron chi connectivity index (χ1n) is 10.9. The largest absolute Gasteiger partial charge is 0.478 e. The molecule has 7 nitrogen and oxygen atoms in total. The number of benzene rings is 1. The Morgan fingerprint density at radius 3 is 2.59 bits per heavy atom. The normalized spacial score (nSPS) is 16.7. The molecule has 4 rings (SSSR count). The Bertz CT molecular complexity index is 1220. The van der Waals surface area contributed by atoms with E-state index in [9.17, 15) is 14.7 Å². The molecule has 7 heteroatoms. The van der Waals surface area contributed by atoms with E-state index in [1.807, 2.05) is 13.8 Å². The molecule has 0 bridgehead atoms. The topological polar surface area (TPSA) is 95.7 Å². The molecule has 3 aromatic rings. The number of hydrogen-bond acceptors (Lipinski definition) is 6. The van der Waals surface area contributed by atoms with Crippen molar-refractivity contribution in [1.82, 2.24) is 4.98 Å². The number of fused-ring (bicyclic) bond motifs is 1. The van der Waals surface area contributed by atoms with E-state index in [0.717, 1.165) is 25.9 Å². The van der Waals surface area contributed by atoms with Crippen LogP contribution >= 0.6 is 0 Å². The second-order valence-corrected chi connectivity index (χ2v) is 9.34. The maximum atomic E-state index is 13.0. The summed E-state index contributed by atoms with van der Waals surface area (Å²) < 4.78 is 6.28. The van der Waals surface area contributed by atoms with Crippen LogP contribution in [-0.4, -0.2) is 29.1 Å². The molecule has 32 heavy (non-hydrogen) atoms. The third-order valence-electron chi connectivity index (χ3n) is 6.22. The number of anilines is 2. The van der Waals surface area contributed by atoms with Gasteiger partial charge in [0.05, 0.1) is 17.0 Å². The van der Waals surface area contributed by atoms with Gasteiger partial charge in [-0.1, -0.05) is 26.0 Å². The van der Waals surface area contributed by atoms with Crippen LogP contribution in [0.25, 0.3) is 11.0 Å². The summed E-state index contributed by atoms with van der Waals surface area (Å²) in [5.41, 5.74) is 2.57. The van der Waals surface area contributed by atoms with E-state index in [2.05, 4.69) is 29.0 Å². The molecule has 0 radical (unpaired) electrons. The molecule has 168 valence electrons. The lowest BCUT2D eigenvalue weighted by Crippen LogP contribution is -2.37. The van der Waals surface area contributed by atoms with Crippen LogP contribution in [0.2, 0.25) is 0 Å². The molecule has 0 amide bonds. The summed E-state index contributed by atoms with van der Waals surface area (Å²) in [5, 5.41) is 13.2. The molecule has 3 heterocycles. The van der Waals surface area contributed by atoms with Crippen molar-refractivity contribution in [1.29, 1.82) is 0 Å². The molecular formula is C25H29N3O4. The Labute approximate surface area is 187 Å². The number of carboxylic acid groups (broad SMARTS) is 1. The van der Waals surface area contributed by atoms with E-state index >= 15 is 0 Å². The fourth-order valence-electron chi connectivity index (χ4n) is 4.18. The molecule has 1 aromatic carbocycles. The minimum Gasteiger partial charge on any atom is -0.478 e. The standard InChI is InChI=1S/C25H29N3O4/c1-15-13-18-20(29)14-21(28-11-9-25(3,4)10-12-28)32-23(18)22(26-15)16(2)27-19-8-6-5-7-17(19)24(30)31/h5-8,13-14,16,27H,9-12H2,1-4H3,(H,30,31). The van der Waals surface area contributed by atoms with E-state index in [-0.39, 0.29) is 22.4 Å². The van der Waals surface area contributed by atoms with Crippen LogP contribution in [0.3, 0.4) is 0 Å². The number of nitrogens with zero attached hydrogens (tertiary/aromatic N) is 2. The molecule has 0 saturated carbocycles. The van der Waals surface area contributed by atoms with Crippen molar-refractivity contribution in [3.05, 3.63) is 63.6 Å². The number of aromatic carboxylic acids is 1. The van der Waals surface area contributed by atoms with Crippen molar-refractivity contribution < 1.29 is 14.3 Å². The highest BCUT2D eigenvalue weighted by Gasteiger charge is 2.27. The van der Waals surface area contributed by atoms with Gasteiger partial charge in [-0.05, 0) is 50.3 Å². The van der Waals surface area contributed by atoms with Crippen molar-refractivity contribution in [3.63, 3.8) is 0 Å². The van der Waals surface area contributed by atoms with Crippen molar-refractivity contribution >= 4 is 28.5 Å². The van der Waals surface area contributed by atoms with Crippen molar-refractivity contribution in [2.45, 2.75) is 46.6 Å². The first-order valence-corrected chi connectivity index (χ1v) is 10.9. The van der Waals surface area contributed by atoms with Crippen molar-refractivity contribution in [2.75, 3.05) is 23.3 Å². The molecule has 1 aliphatic heterocycles. The summed E-state index contributed by atoms with van der Waals surface area (Å²) in [6, 6.07) is 9.67. The molecule has 0 aliphatic carbocycles. The van der Waals surface area contributed by atoms with Gasteiger partial charge in [0, 0.05) is 30.5 Å². The number of hydrogen-bond donors (Lipinski definition) is 2. The van der Waals surface area contributed by atoms with Crippen LogP contribution in [0.4, 0.5) is 11.6 Å². The van der Waals surface area contributed by atoms with Gasteiger partial charge in [0.25, 0.3) is 0 Å². The van der Waals surface area contributed by atoms with Crippen LogP contribution in [0.15, 0.2) is 45.6 Å². The number of para-hydroxylation sites is 1. The highest BCUT2D eigenvalue weighted by Crippen LogP contribution is 2.34. The molecule has 1 aliphatic rings. The molecule has 1 saturated heterocycles. The summed E-state index contributed by atoms with van der Waals surface area (Å²) in [4.78, 5) is 31.4. The van der Waals surface area contributed by atoms with Crippen LogP contribution in [0.5, 0.6) is 0 Å². The van der Waals surface area contributed by atoms with Crippen LogP contribution in [0.1, 0.15) is 61.4 Å². The molecule has 2 N–H and O–H groups in total. The lowest BCUT2D eigenvalue weighted by atomic mass is 9.83. The average Bonchev–Trinajstić information content (AvgIpc) is 2.74. The summed E-state index contributed by atoms with van der Waals surface area (Å²) in [5.74, 6) is -0.452. The number of rotatable bonds is 5. The molecular weight excluding hydrogens is 406 g/mol. The van der Waals surface area contributed by atoms with E-state index in [1.165, 1.54) is 0 Å². The molecule has 2 aromatic heterocycles. The second kappa shape index (κ2) is 8.30. The molecule has 1 fully saturated rings. The summed E-state index contributed by atoms with van der Waals surface area (Å²) in [6.07, 6.45) is 2.05. The fraction of sp³-hybridized carbons (Fsp3) is 0.400. The summed E-state index contributed by atoms with van der Waals surface area (Å²) in [7, 11) is 0. The van der Waals surface area contributed by atoms with Gasteiger partial charge in [0.2, 0.25) is 0 Å². The van der Waals surface area contributed by atoms with E-state index in [0.29, 0.717) is 33.9 Å². The lowest BCUT2D eigenvalue weighted by molar-refractivity contribution is 0.0698. The molecule has 1 unspecified atom stereocenters. The summed E-state index contributed by atoms with van der Waals surface area (Å²) in [6.45, 7) is 9.89. The number of pyridine rings is 1. The maximum Gasteiger partial charge on any atom is 0.337 e. The number of carbonyl (C=O) groups is 1. The average molecular weight is 436 g/mol. The number of aromatic nitrogens is 1. The van der Waals surface area contributed by atoms with Gasteiger partial charge in [-0.25, -0.2) is 4.79 Å². The number of aryl methyl sites for hydroxylation is 1. The Balaban J connectivity index is 1.75. The third kappa shape index (κ3) is 4.33. The highest BCUT2D eigenvalue weighted by molar-refractivity contribution is 5.94. The minimum atomic E-state index is -1.01. The predicted octanol–water partition coefficient (Wildman–Crippen LogP) is 4.99. The Morgan fingerprint density at radius 2 is 1.91 bits per heavy atom. The van der Waals surface area contributed by atoms with Gasteiger partial charge < -0.3 is 19.7 Å². The van der Waals surface area contributed by atoms with Crippen LogP contribution in [0, 0.1) is 12.3 Å². The highest BCUT2D eigenvalue weighted by atomic mass is 16.4. The second-order valence-electron chi connectivity index (χ2n) is 9.34. The first-order chi connectivity index (χ1) is 15.1. The van der Waals surface area contributed by atoms with Crippen LogP contribution in [-0.2, 0) is 0 Å². The maximum absolute atomic E-state index is 13.0. The SMILES string of the molecule is Cc1cc2c(=O)cc(N3CCC(C)(C)CC3)oc2c(C(C)Nc2ccccc2C(=O)O)n1. The Kier molecular flexibility index (Phi) is 5.67. The molecule has 1 atom stereocenters. The number of piperidine rings is 1. The number of nitrogens with one attached hydrogen (secondary N) is 1. The van der Waals surface area contributed by atoms with Gasteiger partial charge in [0.15, 0.2) is 16.9 Å². The lowest BCUT2D eigenvalue weighted by Gasteiger charge is -2.37. The van der Waals surface area contributed by atoms with Gasteiger partial charge in [-0.2, -0.15) is 0 Å². The minimum absolute atomic E-state index is 0.101. The van der Waals surface area contributed by atoms with Gasteiger partial charge >= 0.3 is 5.97 Å². The van der Waals surface area contributed by atoms with Gasteiger partial charge in [-0.3, -0.25) is 9.78 Å². The Hall–Kier alpha value is -3.35. The van der Waals surface area contributed by atoms with E-state index in [4.69, 9.17) is 4.42 Å². The zero-order chi connectivity index (χ0) is 23.0. The van der Waals surface area contributed by atoms with Gasteiger partial charge in [0.1, 0.15) is 5.69 Å². The smallest absolute Gasteiger partial charge is 0.337 e. The third-order valence-corrected chi connectivity index (χ3v) is 6.22. The van der Waals surface area contributed by atoms with E-state index < -0.39 is 5.97 Å². The Morgan fingerprint density at radius 1 is 1.22 bits per heavy atom. The zero-order valence-corrected chi connectivity index (χ0v) is 18.9. The first kappa shape index (κ1) is 21.9. The fourth-order valence-corrected chi connectivity index (χ4v) is 4.18. The van der Waals surface area contributed by atoms with Crippen molar-refractivity contribution in [3.8, 4) is 0 Å². The number of carboxylic acids is 1. The zero-order valence-electron chi connectivity index (χ0n) is 18.9. The van der Waals surface area contributed by atoms with Crippen LogP contribution < -0.4 is 15.6 Å². The van der Waals surface area contributed by atoms with E-state index in [1.54, 1.807) is 36.4 Å². The summed E-state index contributed by atoms with van der Waals surface area (Å²) >= 11 is 0. The quantitative estimate of drug-likeness (QED) is 0.582.